The largest absolute Gasteiger partial charge is 0.493 e. The van der Waals surface area contributed by atoms with Crippen LogP contribution in [0, 0.1) is 0 Å². The van der Waals surface area contributed by atoms with Crippen LogP contribution in [0.1, 0.15) is 25.2 Å². The Labute approximate surface area is 111 Å². The van der Waals surface area contributed by atoms with Crippen LogP contribution in [-0.4, -0.2) is 23.9 Å². The van der Waals surface area contributed by atoms with E-state index >= 15 is 0 Å². The molecule has 0 bridgehead atoms. The summed E-state index contributed by atoms with van der Waals surface area (Å²) in [5.41, 5.74) is 0.479. The van der Waals surface area contributed by atoms with Crippen LogP contribution in [0.25, 0.3) is 17.0 Å². The van der Waals surface area contributed by atoms with Crippen LogP contribution in [0.4, 0.5) is 0 Å². The average molecular weight is 262 g/mol. The van der Waals surface area contributed by atoms with E-state index in [4.69, 9.17) is 14.3 Å². The molecule has 1 heterocycles. The van der Waals surface area contributed by atoms with Gasteiger partial charge in [-0.15, -0.1) is 0 Å². The zero-order valence-corrected chi connectivity index (χ0v) is 11.3. The van der Waals surface area contributed by atoms with Gasteiger partial charge in [0.25, 0.3) is 0 Å². The van der Waals surface area contributed by atoms with Crippen molar-refractivity contribution in [3.63, 3.8) is 0 Å². The van der Waals surface area contributed by atoms with Crippen molar-refractivity contribution < 1.29 is 19.4 Å². The molecule has 0 atom stereocenters. The fourth-order valence-corrected chi connectivity index (χ4v) is 1.88. The third kappa shape index (κ3) is 2.80. The summed E-state index contributed by atoms with van der Waals surface area (Å²) >= 11 is 0. The molecular formula is C15H18O4. The average Bonchev–Trinajstić information content (AvgIpc) is 2.79. The molecule has 2 rings (SSSR count). The number of rotatable bonds is 4. The van der Waals surface area contributed by atoms with Crippen molar-refractivity contribution in [3.8, 4) is 5.75 Å². The number of furan rings is 1. The van der Waals surface area contributed by atoms with Gasteiger partial charge in [0, 0.05) is 5.39 Å². The minimum Gasteiger partial charge on any atom is -0.493 e. The normalized spacial score (nSPS) is 12.5. The van der Waals surface area contributed by atoms with Gasteiger partial charge in [-0.1, -0.05) is 12.2 Å². The second kappa shape index (κ2) is 5.07. The van der Waals surface area contributed by atoms with Crippen molar-refractivity contribution in [2.45, 2.75) is 19.4 Å². The maximum Gasteiger partial charge on any atom is 0.176 e. The lowest BCUT2D eigenvalue weighted by Gasteiger charge is -2.12. The van der Waals surface area contributed by atoms with Crippen molar-refractivity contribution in [1.82, 2.24) is 0 Å². The lowest BCUT2D eigenvalue weighted by atomic mass is 10.1. The van der Waals surface area contributed by atoms with Crippen molar-refractivity contribution in [2.75, 3.05) is 13.7 Å². The Morgan fingerprint density at radius 1 is 1.32 bits per heavy atom. The second-order valence-corrected chi connectivity index (χ2v) is 4.90. The Bertz CT molecular complexity index is 602. The third-order valence-electron chi connectivity index (χ3n) is 2.84. The number of ether oxygens (including phenoxy) is 1. The molecule has 0 saturated heterocycles. The molecule has 0 fully saturated rings. The smallest absolute Gasteiger partial charge is 0.176 e. The predicted octanol–water partition coefficient (Wildman–Crippen LogP) is 2.67. The van der Waals surface area contributed by atoms with Gasteiger partial charge in [0.2, 0.25) is 0 Å². The number of fused-ring (bicyclic) bond motifs is 1. The van der Waals surface area contributed by atoms with Gasteiger partial charge in [-0.2, -0.15) is 0 Å². The van der Waals surface area contributed by atoms with Crippen LogP contribution in [0.15, 0.2) is 28.7 Å². The van der Waals surface area contributed by atoms with Gasteiger partial charge in [0.05, 0.1) is 13.7 Å². The van der Waals surface area contributed by atoms with E-state index in [1.165, 1.54) is 0 Å². The SMILES string of the molecule is COc1cc(C=CCO)cc2cc(C(C)(C)O)oc12. The number of benzene rings is 1. The number of hydrogen-bond donors (Lipinski definition) is 2. The Kier molecular flexibility index (Phi) is 3.64. The molecule has 0 radical (unpaired) electrons. The van der Waals surface area contributed by atoms with Crippen LogP contribution in [0.2, 0.25) is 0 Å². The van der Waals surface area contributed by atoms with Crippen LogP contribution >= 0.6 is 0 Å². The first-order chi connectivity index (χ1) is 8.95. The maximum absolute atomic E-state index is 9.98. The number of methoxy groups -OCH3 is 1. The number of hydrogen-bond acceptors (Lipinski definition) is 4. The first kappa shape index (κ1) is 13.6. The molecule has 0 spiro atoms. The van der Waals surface area contributed by atoms with Crippen LogP contribution in [-0.2, 0) is 5.60 Å². The molecular weight excluding hydrogens is 244 g/mol. The third-order valence-corrected chi connectivity index (χ3v) is 2.84. The topological polar surface area (TPSA) is 62.8 Å². The van der Waals surface area contributed by atoms with E-state index in [1.54, 1.807) is 39.2 Å². The van der Waals surface area contributed by atoms with Crippen molar-refractivity contribution in [2.24, 2.45) is 0 Å². The van der Waals surface area contributed by atoms with E-state index in [1.807, 2.05) is 12.1 Å². The van der Waals surface area contributed by atoms with Gasteiger partial charge >= 0.3 is 0 Å². The number of aliphatic hydroxyl groups excluding tert-OH is 1. The summed E-state index contributed by atoms with van der Waals surface area (Å²) in [6, 6.07) is 5.54. The van der Waals surface area contributed by atoms with Gasteiger partial charge in [-0.25, -0.2) is 0 Å². The summed E-state index contributed by atoms with van der Waals surface area (Å²) < 4.78 is 11.0. The van der Waals surface area contributed by atoms with Gasteiger partial charge in [0.1, 0.15) is 11.4 Å². The second-order valence-electron chi connectivity index (χ2n) is 4.90. The summed E-state index contributed by atoms with van der Waals surface area (Å²) in [5, 5.41) is 19.6. The molecule has 102 valence electrons. The molecule has 19 heavy (non-hydrogen) atoms. The zero-order chi connectivity index (χ0) is 14.0. The van der Waals surface area contributed by atoms with Gasteiger partial charge < -0.3 is 19.4 Å². The maximum atomic E-state index is 9.98. The summed E-state index contributed by atoms with van der Waals surface area (Å²) in [4.78, 5) is 0. The van der Waals surface area contributed by atoms with Gasteiger partial charge in [0.15, 0.2) is 11.3 Å². The van der Waals surface area contributed by atoms with Crippen molar-refractivity contribution in [1.29, 1.82) is 0 Å². The Morgan fingerprint density at radius 2 is 2.05 bits per heavy atom. The molecule has 0 unspecified atom stereocenters. The van der Waals surface area contributed by atoms with Gasteiger partial charge in [-0.3, -0.25) is 0 Å². The first-order valence-corrected chi connectivity index (χ1v) is 6.07. The minimum atomic E-state index is -1.04. The fourth-order valence-electron chi connectivity index (χ4n) is 1.88. The molecule has 0 amide bonds. The molecule has 0 saturated carbocycles. The molecule has 4 nitrogen and oxygen atoms in total. The van der Waals surface area contributed by atoms with Crippen LogP contribution in [0.3, 0.4) is 0 Å². The molecule has 2 aromatic rings. The summed E-state index contributed by atoms with van der Waals surface area (Å²) in [5.74, 6) is 1.09. The highest BCUT2D eigenvalue weighted by atomic mass is 16.5. The van der Waals surface area contributed by atoms with Crippen LogP contribution < -0.4 is 4.74 Å². The lowest BCUT2D eigenvalue weighted by molar-refractivity contribution is 0.0558. The Balaban J connectivity index is 2.59. The molecule has 2 N–H and O–H groups in total. The highest BCUT2D eigenvalue weighted by Crippen LogP contribution is 2.34. The Morgan fingerprint density at radius 3 is 2.63 bits per heavy atom. The summed E-state index contributed by atoms with van der Waals surface area (Å²) in [7, 11) is 1.57. The first-order valence-electron chi connectivity index (χ1n) is 6.07. The predicted molar refractivity (Wildman–Crippen MR) is 74.1 cm³/mol. The van der Waals surface area contributed by atoms with E-state index < -0.39 is 5.60 Å². The molecule has 0 aliphatic heterocycles. The highest BCUT2D eigenvalue weighted by Gasteiger charge is 2.22. The van der Waals surface area contributed by atoms with E-state index in [0.29, 0.717) is 17.1 Å². The zero-order valence-electron chi connectivity index (χ0n) is 11.3. The van der Waals surface area contributed by atoms with E-state index in [-0.39, 0.29) is 6.61 Å². The fraction of sp³-hybridized carbons (Fsp3) is 0.333. The van der Waals surface area contributed by atoms with E-state index in [9.17, 15) is 5.11 Å². The van der Waals surface area contributed by atoms with Crippen molar-refractivity contribution >= 4 is 17.0 Å². The summed E-state index contributed by atoms with van der Waals surface area (Å²) in [6.45, 7) is 3.33. The monoisotopic (exact) mass is 262 g/mol. The molecule has 0 aliphatic rings. The number of aliphatic hydroxyl groups is 2. The summed E-state index contributed by atoms with van der Waals surface area (Å²) in [6.07, 6.45) is 3.45. The van der Waals surface area contributed by atoms with E-state index in [0.717, 1.165) is 10.9 Å². The molecule has 0 aliphatic carbocycles. The highest BCUT2D eigenvalue weighted by molar-refractivity contribution is 5.86. The van der Waals surface area contributed by atoms with Crippen LogP contribution in [0.5, 0.6) is 5.75 Å². The molecule has 1 aromatic carbocycles. The minimum absolute atomic E-state index is 0.0132. The Hall–Kier alpha value is -1.78. The molecule has 1 aromatic heterocycles. The lowest BCUT2D eigenvalue weighted by Crippen LogP contribution is -2.13. The van der Waals surface area contributed by atoms with Crippen molar-refractivity contribution in [3.05, 3.63) is 35.6 Å². The quantitative estimate of drug-likeness (QED) is 0.889. The van der Waals surface area contributed by atoms with Gasteiger partial charge in [-0.05, 0) is 37.6 Å². The van der Waals surface area contributed by atoms with E-state index in [2.05, 4.69) is 0 Å². The standard InChI is InChI=1S/C15H18O4/c1-15(2,17)13-9-11-7-10(5-4-6-16)8-12(18-3)14(11)19-13/h4-5,7-9,16-17H,6H2,1-3H3. The molecule has 4 heteroatoms.